The van der Waals surface area contributed by atoms with Crippen LogP contribution in [-0.4, -0.2) is 0 Å². The fourth-order valence-corrected chi connectivity index (χ4v) is 1.24. The Bertz CT molecular complexity index is 300. The number of benzene rings is 1. The summed E-state index contributed by atoms with van der Waals surface area (Å²) in [5.41, 5.74) is 2.53. The zero-order valence-electron chi connectivity index (χ0n) is 6.50. The summed E-state index contributed by atoms with van der Waals surface area (Å²) >= 11 is 0. The summed E-state index contributed by atoms with van der Waals surface area (Å²) < 4.78 is 5.32. The molecule has 0 bridgehead atoms. The number of hydrogen-bond donors (Lipinski definition) is 0. The minimum absolute atomic E-state index is 0.996. The molecular weight excluding hydrogens is 136 g/mol. The van der Waals surface area contributed by atoms with Gasteiger partial charge in [-0.15, -0.1) is 0 Å². The van der Waals surface area contributed by atoms with Gasteiger partial charge in [0.25, 0.3) is 0 Å². The van der Waals surface area contributed by atoms with E-state index in [1.165, 1.54) is 11.1 Å². The molecule has 0 aromatic heterocycles. The lowest BCUT2D eigenvalue weighted by atomic mass is 10.1. The van der Waals surface area contributed by atoms with Gasteiger partial charge in [-0.05, 0) is 36.6 Å². The van der Waals surface area contributed by atoms with Crippen LogP contribution in [0.4, 0.5) is 0 Å². The molecule has 56 valence electrons. The summed E-state index contributed by atoms with van der Waals surface area (Å²) in [4.78, 5) is 0. The van der Waals surface area contributed by atoms with Crippen LogP contribution in [0.2, 0.25) is 0 Å². The number of hydrogen-bond acceptors (Lipinski definition) is 1. The second-order valence-corrected chi connectivity index (χ2v) is 2.80. The molecule has 0 amide bonds. The van der Waals surface area contributed by atoms with Crippen LogP contribution in [0.1, 0.15) is 11.1 Å². The highest BCUT2D eigenvalue weighted by atomic mass is 16.5. The quantitative estimate of drug-likeness (QED) is 0.546. The molecule has 1 heteroatoms. The van der Waals surface area contributed by atoms with Crippen molar-refractivity contribution in [1.29, 1.82) is 0 Å². The van der Waals surface area contributed by atoms with Crippen LogP contribution in [0, 0.1) is 6.92 Å². The third kappa shape index (κ3) is 1.14. The van der Waals surface area contributed by atoms with E-state index in [0.29, 0.717) is 0 Å². The number of fused-ring (bicyclic) bond motifs is 1. The highest BCUT2D eigenvalue weighted by Gasteiger charge is 2.04. The van der Waals surface area contributed by atoms with Crippen molar-refractivity contribution in [3.05, 3.63) is 41.7 Å². The molecule has 0 aliphatic carbocycles. The molecule has 0 unspecified atom stereocenters. The molecule has 1 aromatic rings. The van der Waals surface area contributed by atoms with Crippen molar-refractivity contribution in [2.45, 2.75) is 13.3 Å². The van der Waals surface area contributed by atoms with E-state index in [2.05, 4.69) is 25.1 Å². The Morgan fingerprint density at radius 3 is 3.18 bits per heavy atom. The van der Waals surface area contributed by atoms with E-state index in [1.54, 1.807) is 6.26 Å². The molecule has 0 N–H and O–H groups in total. The lowest BCUT2D eigenvalue weighted by molar-refractivity contribution is 0.464. The van der Waals surface area contributed by atoms with Gasteiger partial charge >= 0.3 is 0 Å². The lowest BCUT2D eigenvalue weighted by Gasteiger charge is -2.11. The molecule has 0 radical (unpaired) electrons. The van der Waals surface area contributed by atoms with Gasteiger partial charge < -0.3 is 4.74 Å². The highest BCUT2D eigenvalue weighted by molar-refractivity contribution is 5.40. The first-order chi connectivity index (χ1) is 5.36. The molecule has 1 aliphatic rings. The Balaban J connectivity index is 2.48. The molecule has 0 spiro atoms. The third-order valence-corrected chi connectivity index (χ3v) is 1.85. The molecule has 1 aromatic carbocycles. The Morgan fingerprint density at radius 2 is 2.27 bits per heavy atom. The van der Waals surface area contributed by atoms with E-state index >= 15 is 0 Å². The summed E-state index contributed by atoms with van der Waals surface area (Å²) in [5, 5.41) is 0. The van der Waals surface area contributed by atoms with E-state index in [4.69, 9.17) is 4.74 Å². The standard InChI is InChI=1S/C10H10O/c1-8-4-5-9-3-2-6-11-10(9)7-8/h2,4-7H,3H2,1H3. The molecule has 2 rings (SSSR count). The average Bonchev–Trinajstić information content (AvgIpc) is 2.04. The summed E-state index contributed by atoms with van der Waals surface area (Å²) in [5.74, 6) is 1.01. The van der Waals surface area contributed by atoms with Crippen LogP contribution in [0.3, 0.4) is 0 Å². The Kier molecular flexibility index (Phi) is 1.42. The number of allylic oxidation sites excluding steroid dienone is 1. The van der Waals surface area contributed by atoms with E-state index in [9.17, 15) is 0 Å². The Hall–Kier alpha value is -1.24. The van der Waals surface area contributed by atoms with Crippen molar-refractivity contribution in [3.8, 4) is 5.75 Å². The van der Waals surface area contributed by atoms with Gasteiger partial charge in [0, 0.05) is 0 Å². The Morgan fingerprint density at radius 1 is 1.36 bits per heavy atom. The average molecular weight is 146 g/mol. The van der Waals surface area contributed by atoms with Crippen molar-refractivity contribution in [1.82, 2.24) is 0 Å². The maximum Gasteiger partial charge on any atom is 0.130 e. The largest absolute Gasteiger partial charge is 0.465 e. The number of rotatable bonds is 0. The van der Waals surface area contributed by atoms with Crippen LogP contribution in [0.15, 0.2) is 30.5 Å². The second-order valence-electron chi connectivity index (χ2n) is 2.80. The molecule has 0 saturated heterocycles. The minimum atomic E-state index is 0.996. The number of aryl methyl sites for hydroxylation is 1. The first kappa shape index (κ1) is 6.47. The van der Waals surface area contributed by atoms with Gasteiger partial charge in [0.2, 0.25) is 0 Å². The van der Waals surface area contributed by atoms with Crippen LogP contribution in [0.5, 0.6) is 5.75 Å². The second kappa shape index (κ2) is 2.42. The minimum Gasteiger partial charge on any atom is -0.465 e. The third-order valence-electron chi connectivity index (χ3n) is 1.85. The maximum atomic E-state index is 5.32. The van der Waals surface area contributed by atoms with Crippen molar-refractivity contribution >= 4 is 0 Å². The predicted octanol–water partition coefficient (Wildman–Crippen LogP) is 2.44. The van der Waals surface area contributed by atoms with Gasteiger partial charge in [-0.25, -0.2) is 0 Å². The maximum absolute atomic E-state index is 5.32. The zero-order valence-corrected chi connectivity index (χ0v) is 6.50. The van der Waals surface area contributed by atoms with Crippen molar-refractivity contribution in [3.63, 3.8) is 0 Å². The normalized spacial score (nSPS) is 13.9. The van der Waals surface area contributed by atoms with Gasteiger partial charge in [-0.1, -0.05) is 12.1 Å². The van der Waals surface area contributed by atoms with E-state index in [-0.39, 0.29) is 0 Å². The molecule has 1 nitrogen and oxygen atoms in total. The molecule has 0 atom stereocenters. The zero-order chi connectivity index (χ0) is 7.68. The van der Waals surface area contributed by atoms with Gasteiger partial charge in [0.05, 0.1) is 6.26 Å². The molecular formula is C10H10O. The van der Waals surface area contributed by atoms with E-state index in [0.717, 1.165) is 12.2 Å². The number of ether oxygens (including phenoxy) is 1. The summed E-state index contributed by atoms with van der Waals surface area (Å²) in [6.07, 6.45) is 4.77. The fourth-order valence-electron chi connectivity index (χ4n) is 1.24. The highest BCUT2D eigenvalue weighted by Crippen LogP contribution is 2.23. The molecule has 0 saturated carbocycles. The summed E-state index contributed by atoms with van der Waals surface area (Å²) in [6.45, 7) is 2.07. The predicted molar refractivity (Wildman–Crippen MR) is 44.7 cm³/mol. The first-order valence-electron chi connectivity index (χ1n) is 3.77. The smallest absolute Gasteiger partial charge is 0.130 e. The molecule has 1 heterocycles. The van der Waals surface area contributed by atoms with Crippen molar-refractivity contribution in [2.75, 3.05) is 0 Å². The van der Waals surface area contributed by atoms with Crippen LogP contribution in [0.25, 0.3) is 0 Å². The van der Waals surface area contributed by atoms with Crippen LogP contribution in [-0.2, 0) is 6.42 Å². The van der Waals surface area contributed by atoms with Crippen LogP contribution < -0.4 is 4.74 Å². The van der Waals surface area contributed by atoms with Crippen molar-refractivity contribution < 1.29 is 4.74 Å². The first-order valence-corrected chi connectivity index (χ1v) is 3.77. The van der Waals surface area contributed by atoms with E-state index in [1.807, 2.05) is 6.08 Å². The molecule has 11 heavy (non-hydrogen) atoms. The summed E-state index contributed by atoms with van der Waals surface area (Å²) in [7, 11) is 0. The Labute approximate surface area is 66.3 Å². The molecule has 1 aliphatic heterocycles. The van der Waals surface area contributed by atoms with Gasteiger partial charge in [-0.3, -0.25) is 0 Å². The van der Waals surface area contributed by atoms with E-state index < -0.39 is 0 Å². The fraction of sp³-hybridized carbons (Fsp3) is 0.200. The van der Waals surface area contributed by atoms with Gasteiger partial charge in [0.1, 0.15) is 5.75 Å². The molecule has 0 fully saturated rings. The SMILES string of the molecule is Cc1ccc2c(c1)OC=CC2. The summed E-state index contributed by atoms with van der Waals surface area (Å²) in [6, 6.07) is 6.30. The van der Waals surface area contributed by atoms with Crippen molar-refractivity contribution in [2.24, 2.45) is 0 Å². The van der Waals surface area contributed by atoms with Gasteiger partial charge in [0.15, 0.2) is 0 Å². The lowest BCUT2D eigenvalue weighted by Crippen LogP contribution is -1.95. The van der Waals surface area contributed by atoms with Gasteiger partial charge in [-0.2, -0.15) is 0 Å². The topological polar surface area (TPSA) is 9.23 Å². The monoisotopic (exact) mass is 146 g/mol. The van der Waals surface area contributed by atoms with Crippen LogP contribution >= 0.6 is 0 Å².